The van der Waals surface area contributed by atoms with E-state index in [2.05, 4.69) is 0 Å². The van der Waals surface area contributed by atoms with Gasteiger partial charge in [-0.05, 0) is 56.4 Å². The van der Waals surface area contributed by atoms with Gasteiger partial charge in [0.05, 0.1) is 19.1 Å². The molecule has 140 valence electrons. The first-order valence-electron chi connectivity index (χ1n) is 9.01. The van der Waals surface area contributed by atoms with Crippen molar-refractivity contribution in [2.24, 2.45) is 0 Å². The van der Waals surface area contributed by atoms with E-state index in [9.17, 15) is 4.79 Å². The summed E-state index contributed by atoms with van der Waals surface area (Å²) in [6, 6.07) is 7.76. The fourth-order valence-corrected chi connectivity index (χ4v) is 2.29. The summed E-state index contributed by atoms with van der Waals surface area (Å²) in [4.78, 5) is 10.4. The maximum atomic E-state index is 10.4. The highest BCUT2D eigenvalue weighted by Gasteiger charge is 1.97. The molecule has 0 aromatic carbocycles. The van der Waals surface area contributed by atoms with E-state index in [-0.39, 0.29) is 5.97 Å². The second-order valence-electron chi connectivity index (χ2n) is 5.84. The molecule has 0 unspecified atom stereocenters. The molecule has 2 heterocycles. The van der Waals surface area contributed by atoms with Gasteiger partial charge >= 0.3 is 5.97 Å². The van der Waals surface area contributed by atoms with Crippen LogP contribution in [0.5, 0.6) is 0 Å². The minimum atomic E-state index is -0.198. The van der Waals surface area contributed by atoms with E-state index in [1.54, 1.807) is 12.5 Å². The zero-order chi connectivity index (χ0) is 18.2. The highest BCUT2D eigenvalue weighted by molar-refractivity contribution is 5.65. The molecule has 0 aliphatic carbocycles. The Morgan fingerprint density at radius 3 is 1.92 bits per heavy atom. The number of aryl methyl sites for hydroxylation is 2. The summed E-state index contributed by atoms with van der Waals surface area (Å²) in [5.74, 6) is 1.87. The fourth-order valence-electron chi connectivity index (χ4n) is 2.29. The molecule has 25 heavy (non-hydrogen) atoms. The molecule has 0 radical (unpaired) electrons. The number of ether oxygens (including phenoxy) is 1. The van der Waals surface area contributed by atoms with Gasteiger partial charge in [-0.2, -0.15) is 0 Å². The Kier molecular flexibility index (Phi) is 12.1. The summed E-state index contributed by atoms with van der Waals surface area (Å²) in [5, 5.41) is 8.50. The number of furan rings is 2. The SMILES string of the molecule is CC(=O)OCCCCCc1ccco1.OCCCCCc1ccco1. The maximum absolute atomic E-state index is 10.4. The van der Waals surface area contributed by atoms with Crippen LogP contribution in [-0.2, 0) is 22.4 Å². The minimum absolute atomic E-state index is 0.198. The summed E-state index contributed by atoms with van der Waals surface area (Å²) in [5.41, 5.74) is 0. The number of carbonyl (C=O) groups is 1. The van der Waals surface area contributed by atoms with E-state index < -0.39 is 0 Å². The largest absolute Gasteiger partial charge is 0.469 e. The van der Waals surface area contributed by atoms with E-state index >= 15 is 0 Å². The molecule has 0 fully saturated rings. The quantitative estimate of drug-likeness (QED) is 0.476. The lowest BCUT2D eigenvalue weighted by Crippen LogP contribution is -2.00. The highest BCUT2D eigenvalue weighted by Crippen LogP contribution is 2.07. The Labute approximate surface area is 150 Å². The van der Waals surface area contributed by atoms with Crippen LogP contribution in [0.15, 0.2) is 45.6 Å². The van der Waals surface area contributed by atoms with Gasteiger partial charge < -0.3 is 18.7 Å². The molecule has 0 bridgehead atoms. The molecule has 0 aliphatic heterocycles. The number of aliphatic hydroxyl groups excluding tert-OH is 1. The van der Waals surface area contributed by atoms with E-state index in [0.29, 0.717) is 13.2 Å². The third-order valence-corrected chi connectivity index (χ3v) is 3.61. The van der Waals surface area contributed by atoms with Gasteiger partial charge in [0, 0.05) is 26.4 Å². The zero-order valence-corrected chi connectivity index (χ0v) is 15.1. The van der Waals surface area contributed by atoms with Crippen molar-refractivity contribution in [3.63, 3.8) is 0 Å². The molecule has 0 atom stereocenters. The number of hydrogen-bond acceptors (Lipinski definition) is 5. The molecule has 0 saturated heterocycles. The third kappa shape index (κ3) is 12.1. The predicted octanol–water partition coefficient (Wildman–Crippen LogP) is 4.54. The molecule has 0 spiro atoms. The van der Waals surface area contributed by atoms with E-state index in [1.807, 2.05) is 24.3 Å². The van der Waals surface area contributed by atoms with Gasteiger partial charge in [-0.3, -0.25) is 4.79 Å². The molecule has 1 N–H and O–H groups in total. The molecule has 0 aliphatic rings. The Balaban J connectivity index is 0.000000257. The predicted molar refractivity (Wildman–Crippen MR) is 96.2 cm³/mol. The maximum Gasteiger partial charge on any atom is 0.302 e. The van der Waals surface area contributed by atoms with Crippen molar-refractivity contribution in [1.29, 1.82) is 0 Å². The normalized spacial score (nSPS) is 10.2. The number of carbonyl (C=O) groups excluding carboxylic acids is 1. The van der Waals surface area contributed by atoms with Crippen LogP contribution in [0.1, 0.15) is 57.0 Å². The molecular weight excluding hydrogens is 320 g/mol. The summed E-state index contributed by atoms with van der Waals surface area (Å²) < 4.78 is 15.2. The third-order valence-electron chi connectivity index (χ3n) is 3.61. The van der Waals surface area contributed by atoms with E-state index in [1.165, 1.54) is 6.92 Å². The van der Waals surface area contributed by atoms with Gasteiger partial charge in [-0.15, -0.1) is 0 Å². The average Bonchev–Trinajstić information content (AvgIpc) is 3.29. The first-order chi connectivity index (χ1) is 12.2. The van der Waals surface area contributed by atoms with E-state index in [4.69, 9.17) is 18.7 Å². The molecule has 5 heteroatoms. The number of unbranched alkanes of at least 4 members (excludes halogenated alkanes) is 4. The van der Waals surface area contributed by atoms with Crippen molar-refractivity contribution in [1.82, 2.24) is 0 Å². The number of esters is 1. The smallest absolute Gasteiger partial charge is 0.302 e. The summed E-state index contributed by atoms with van der Waals surface area (Å²) >= 11 is 0. The number of hydrogen-bond donors (Lipinski definition) is 1. The van der Waals surface area contributed by atoms with Gasteiger partial charge in [0.2, 0.25) is 0 Å². The van der Waals surface area contributed by atoms with Gasteiger partial charge in [-0.1, -0.05) is 6.42 Å². The highest BCUT2D eigenvalue weighted by atomic mass is 16.5. The zero-order valence-electron chi connectivity index (χ0n) is 15.1. The van der Waals surface area contributed by atoms with Crippen molar-refractivity contribution in [2.75, 3.05) is 13.2 Å². The molecule has 0 amide bonds. The molecule has 5 nitrogen and oxygen atoms in total. The Bertz CT molecular complexity index is 516. The van der Waals surface area contributed by atoms with Crippen LogP contribution in [0.3, 0.4) is 0 Å². The molecule has 2 aromatic heterocycles. The lowest BCUT2D eigenvalue weighted by Gasteiger charge is -2.00. The summed E-state index contributed by atoms with van der Waals surface area (Å²) in [6.07, 6.45) is 11.5. The minimum Gasteiger partial charge on any atom is -0.469 e. The second kappa shape index (κ2) is 14.3. The lowest BCUT2D eigenvalue weighted by molar-refractivity contribution is -0.141. The van der Waals surface area contributed by atoms with Crippen LogP contribution in [-0.4, -0.2) is 24.3 Å². The van der Waals surface area contributed by atoms with Crippen LogP contribution >= 0.6 is 0 Å². The molecule has 2 rings (SSSR count). The van der Waals surface area contributed by atoms with Crippen LogP contribution in [0, 0.1) is 0 Å². The van der Waals surface area contributed by atoms with Crippen LogP contribution in [0.4, 0.5) is 0 Å². The van der Waals surface area contributed by atoms with Crippen LogP contribution in [0.25, 0.3) is 0 Å². The van der Waals surface area contributed by atoms with Crippen molar-refractivity contribution >= 4 is 5.97 Å². The van der Waals surface area contributed by atoms with Crippen molar-refractivity contribution in [3.8, 4) is 0 Å². The average molecular weight is 350 g/mol. The van der Waals surface area contributed by atoms with Crippen molar-refractivity contribution < 1.29 is 23.5 Å². The summed E-state index contributed by atoms with van der Waals surface area (Å²) in [7, 11) is 0. The monoisotopic (exact) mass is 350 g/mol. The number of aliphatic hydroxyl groups is 1. The van der Waals surface area contributed by atoms with Crippen molar-refractivity contribution in [3.05, 3.63) is 48.3 Å². The summed E-state index contributed by atoms with van der Waals surface area (Å²) in [6.45, 7) is 2.27. The molecule has 2 aromatic rings. The Morgan fingerprint density at radius 1 is 0.920 bits per heavy atom. The van der Waals surface area contributed by atoms with Gasteiger partial charge in [-0.25, -0.2) is 0 Å². The molecule has 0 saturated carbocycles. The second-order valence-corrected chi connectivity index (χ2v) is 5.84. The first-order valence-corrected chi connectivity index (χ1v) is 9.01. The first kappa shape index (κ1) is 21.0. The van der Waals surface area contributed by atoms with Crippen molar-refractivity contribution in [2.45, 2.75) is 58.3 Å². The number of rotatable bonds is 11. The van der Waals surface area contributed by atoms with Crippen LogP contribution < -0.4 is 0 Å². The van der Waals surface area contributed by atoms with Gasteiger partial charge in [0.1, 0.15) is 11.5 Å². The fraction of sp³-hybridized carbons (Fsp3) is 0.550. The van der Waals surface area contributed by atoms with E-state index in [0.717, 1.165) is 62.9 Å². The molecular formula is C20H30O5. The lowest BCUT2D eigenvalue weighted by atomic mass is 10.2. The standard InChI is InChI=1S/C11H16O3.C9H14O2/c1-10(12)13-8-4-2-3-6-11-7-5-9-14-11;10-7-3-1-2-5-9-6-4-8-11-9/h5,7,9H,2-4,6,8H2,1H3;4,6,8,10H,1-3,5,7H2. The van der Waals surface area contributed by atoms with Crippen LogP contribution in [0.2, 0.25) is 0 Å². The van der Waals surface area contributed by atoms with Gasteiger partial charge in [0.25, 0.3) is 0 Å². The van der Waals surface area contributed by atoms with Gasteiger partial charge in [0.15, 0.2) is 0 Å². The topological polar surface area (TPSA) is 72.8 Å². The Morgan fingerprint density at radius 2 is 1.48 bits per heavy atom. The Hall–Kier alpha value is -2.01.